The SMILES string of the molecule is CCCCCCCC/C=C\CCCCCCCCCCNCCCC. The average molecular weight is 352 g/mol. The highest BCUT2D eigenvalue weighted by molar-refractivity contribution is 4.81. The summed E-state index contributed by atoms with van der Waals surface area (Å²) >= 11 is 0. The van der Waals surface area contributed by atoms with E-state index < -0.39 is 0 Å². The monoisotopic (exact) mass is 351 g/mol. The van der Waals surface area contributed by atoms with Crippen LogP contribution in [0.25, 0.3) is 0 Å². The minimum absolute atomic E-state index is 1.21. The van der Waals surface area contributed by atoms with Crippen molar-refractivity contribution in [3.8, 4) is 0 Å². The van der Waals surface area contributed by atoms with Gasteiger partial charge in [0, 0.05) is 0 Å². The predicted molar refractivity (Wildman–Crippen MR) is 116 cm³/mol. The molecule has 0 saturated carbocycles. The summed E-state index contributed by atoms with van der Waals surface area (Å²) in [6.07, 6.45) is 30.0. The van der Waals surface area contributed by atoms with Crippen LogP contribution in [0.4, 0.5) is 0 Å². The molecule has 1 heteroatoms. The van der Waals surface area contributed by atoms with Crippen molar-refractivity contribution in [2.24, 2.45) is 0 Å². The first-order chi connectivity index (χ1) is 12.4. The van der Waals surface area contributed by atoms with Crippen molar-refractivity contribution in [3.05, 3.63) is 12.2 Å². The van der Waals surface area contributed by atoms with E-state index in [2.05, 4.69) is 31.3 Å². The van der Waals surface area contributed by atoms with Crippen molar-refractivity contribution in [1.29, 1.82) is 0 Å². The van der Waals surface area contributed by atoms with Crippen LogP contribution in [-0.4, -0.2) is 13.1 Å². The Morgan fingerprint density at radius 3 is 1.36 bits per heavy atom. The van der Waals surface area contributed by atoms with Crippen molar-refractivity contribution < 1.29 is 0 Å². The van der Waals surface area contributed by atoms with E-state index in [1.807, 2.05) is 0 Å². The van der Waals surface area contributed by atoms with E-state index in [4.69, 9.17) is 0 Å². The van der Waals surface area contributed by atoms with Crippen LogP contribution < -0.4 is 5.32 Å². The lowest BCUT2D eigenvalue weighted by molar-refractivity contribution is 0.546. The van der Waals surface area contributed by atoms with Crippen LogP contribution in [0, 0.1) is 0 Å². The molecule has 0 aromatic carbocycles. The zero-order valence-electron chi connectivity index (χ0n) is 17.8. The molecule has 0 bridgehead atoms. The van der Waals surface area contributed by atoms with Gasteiger partial charge in [-0.1, -0.05) is 103 Å². The molecule has 0 saturated heterocycles. The van der Waals surface area contributed by atoms with Crippen LogP contribution in [-0.2, 0) is 0 Å². The van der Waals surface area contributed by atoms with Gasteiger partial charge in [-0.3, -0.25) is 0 Å². The molecular formula is C24H49N. The fourth-order valence-corrected chi connectivity index (χ4v) is 3.28. The van der Waals surface area contributed by atoms with Crippen LogP contribution in [0.5, 0.6) is 0 Å². The van der Waals surface area contributed by atoms with Gasteiger partial charge in [0.15, 0.2) is 0 Å². The standard InChI is InChI=1S/C24H49N/c1-3-5-7-8-9-10-11-12-13-14-15-16-17-18-19-20-21-22-24-25-23-6-4-2/h12-13,25H,3-11,14-24H2,1-2H3/b13-12-. The van der Waals surface area contributed by atoms with Gasteiger partial charge in [0.05, 0.1) is 0 Å². The lowest BCUT2D eigenvalue weighted by Gasteiger charge is -2.04. The second-order valence-corrected chi connectivity index (χ2v) is 7.75. The van der Waals surface area contributed by atoms with Crippen LogP contribution in [0.1, 0.15) is 129 Å². The maximum Gasteiger partial charge on any atom is -0.00489 e. The highest BCUT2D eigenvalue weighted by Crippen LogP contribution is 2.11. The first-order valence-electron chi connectivity index (χ1n) is 11.8. The van der Waals surface area contributed by atoms with Crippen LogP contribution in [0.15, 0.2) is 12.2 Å². The molecule has 0 aliphatic heterocycles. The summed E-state index contributed by atoms with van der Waals surface area (Å²) < 4.78 is 0. The Kier molecular flexibility index (Phi) is 23.4. The molecule has 0 aromatic heterocycles. The van der Waals surface area contributed by atoms with Gasteiger partial charge in [0.2, 0.25) is 0 Å². The maximum absolute atomic E-state index is 3.53. The van der Waals surface area contributed by atoms with Crippen molar-refractivity contribution in [2.45, 2.75) is 129 Å². The average Bonchev–Trinajstić information content (AvgIpc) is 2.63. The topological polar surface area (TPSA) is 12.0 Å². The highest BCUT2D eigenvalue weighted by Gasteiger charge is 1.93. The molecule has 0 radical (unpaired) electrons. The minimum atomic E-state index is 1.21. The summed E-state index contributed by atoms with van der Waals surface area (Å²) in [6, 6.07) is 0. The molecular weight excluding hydrogens is 302 g/mol. The van der Waals surface area contributed by atoms with E-state index in [1.165, 1.54) is 129 Å². The summed E-state index contributed by atoms with van der Waals surface area (Å²) in [5.74, 6) is 0. The van der Waals surface area contributed by atoms with Gasteiger partial charge in [0.25, 0.3) is 0 Å². The lowest BCUT2D eigenvalue weighted by atomic mass is 10.1. The summed E-state index contributed by atoms with van der Waals surface area (Å²) in [4.78, 5) is 0. The molecule has 0 aliphatic carbocycles. The number of nitrogens with one attached hydrogen (secondary N) is 1. The molecule has 0 atom stereocenters. The summed E-state index contributed by atoms with van der Waals surface area (Å²) in [5, 5.41) is 3.53. The molecule has 0 aliphatic rings. The zero-order valence-corrected chi connectivity index (χ0v) is 17.8. The molecule has 25 heavy (non-hydrogen) atoms. The van der Waals surface area contributed by atoms with Gasteiger partial charge >= 0.3 is 0 Å². The molecule has 0 aromatic rings. The van der Waals surface area contributed by atoms with Crippen molar-refractivity contribution in [1.82, 2.24) is 5.32 Å². The number of hydrogen-bond donors (Lipinski definition) is 1. The number of unbranched alkanes of at least 4 members (excludes halogenated alkanes) is 15. The van der Waals surface area contributed by atoms with Crippen LogP contribution in [0.3, 0.4) is 0 Å². The van der Waals surface area contributed by atoms with E-state index in [0.29, 0.717) is 0 Å². The fraction of sp³-hybridized carbons (Fsp3) is 0.917. The number of rotatable bonds is 21. The van der Waals surface area contributed by atoms with Gasteiger partial charge in [-0.05, 0) is 51.6 Å². The first-order valence-corrected chi connectivity index (χ1v) is 11.8. The third-order valence-corrected chi connectivity index (χ3v) is 5.07. The number of hydrogen-bond acceptors (Lipinski definition) is 1. The number of allylic oxidation sites excluding steroid dienone is 2. The Morgan fingerprint density at radius 2 is 0.840 bits per heavy atom. The molecule has 0 spiro atoms. The Morgan fingerprint density at radius 1 is 0.440 bits per heavy atom. The summed E-state index contributed by atoms with van der Waals surface area (Å²) in [5.41, 5.74) is 0. The Hall–Kier alpha value is -0.300. The molecule has 0 heterocycles. The normalized spacial score (nSPS) is 11.6. The van der Waals surface area contributed by atoms with E-state index in [0.717, 1.165) is 0 Å². The van der Waals surface area contributed by atoms with Gasteiger partial charge in [-0.2, -0.15) is 0 Å². The minimum Gasteiger partial charge on any atom is -0.317 e. The fourth-order valence-electron chi connectivity index (χ4n) is 3.28. The van der Waals surface area contributed by atoms with Crippen molar-refractivity contribution in [3.63, 3.8) is 0 Å². The molecule has 1 N–H and O–H groups in total. The van der Waals surface area contributed by atoms with Gasteiger partial charge in [0.1, 0.15) is 0 Å². The Bertz CT molecular complexity index is 246. The summed E-state index contributed by atoms with van der Waals surface area (Å²) in [6.45, 7) is 6.99. The predicted octanol–water partition coefficient (Wildman–Crippen LogP) is 8.19. The van der Waals surface area contributed by atoms with E-state index >= 15 is 0 Å². The van der Waals surface area contributed by atoms with Gasteiger partial charge < -0.3 is 5.32 Å². The second-order valence-electron chi connectivity index (χ2n) is 7.75. The van der Waals surface area contributed by atoms with E-state index in [-0.39, 0.29) is 0 Å². The first kappa shape index (κ1) is 24.7. The quantitative estimate of drug-likeness (QED) is 0.162. The third kappa shape index (κ3) is 23.7. The van der Waals surface area contributed by atoms with E-state index in [1.54, 1.807) is 0 Å². The lowest BCUT2D eigenvalue weighted by Crippen LogP contribution is -2.16. The maximum atomic E-state index is 3.53. The zero-order chi connectivity index (χ0) is 18.3. The van der Waals surface area contributed by atoms with E-state index in [9.17, 15) is 0 Å². The van der Waals surface area contributed by atoms with Gasteiger partial charge in [-0.15, -0.1) is 0 Å². The van der Waals surface area contributed by atoms with Crippen LogP contribution in [0.2, 0.25) is 0 Å². The Balaban J connectivity index is 3.03. The largest absolute Gasteiger partial charge is 0.317 e. The molecule has 0 rings (SSSR count). The molecule has 0 unspecified atom stereocenters. The van der Waals surface area contributed by atoms with Gasteiger partial charge in [-0.25, -0.2) is 0 Å². The molecule has 1 nitrogen and oxygen atoms in total. The third-order valence-electron chi connectivity index (χ3n) is 5.07. The Labute approximate surface area is 160 Å². The second kappa shape index (κ2) is 23.7. The molecule has 0 amide bonds. The smallest absolute Gasteiger partial charge is 0.00489 e. The van der Waals surface area contributed by atoms with Crippen molar-refractivity contribution >= 4 is 0 Å². The van der Waals surface area contributed by atoms with Crippen LogP contribution >= 0.6 is 0 Å². The summed E-state index contributed by atoms with van der Waals surface area (Å²) in [7, 11) is 0. The highest BCUT2D eigenvalue weighted by atomic mass is 14.8. The molecule has 150 valence electrons. The molecule has 0 fully saturated rings. The van der Waals surface area contributed by atoms with Crippen molar-refractivity contribution in [2.75, 3.05) is 13.1 Å².